The van der Waals surface area contributed by atoms with Crippen LogP contribution in [0, 0.1) is 24.4 Å². The first-order chi connectivity index (χ1) is 20.6. The van der Waals surface area contributed by atoms with E-state index in [1.807, 2.05) is 0 Å². The molecule has 4 N–H and O–H groups in total. The van der Waals surface area contributed by atoms with Crippen LogP contribution in [0.15, 0.2) is 54.9 Å². The van der Waals surface area contributed by atoms with Crippen LogP contribution >= 0.6 is 0 Å². The number of benzene rings is 2. The number of rotatable bonds is 6. The van der Waals surface area contributed by atoms with Crippen LogP contribution in [0.25, 0.3) is 16.6 Å². The Balaban J connectivity index is 1.16. The van der Waals surface area contributed by atoms with Crippen molar-refractivity contribution >= 4 is 40.1 Å². The Hall–Kier alpha value is -5.66. The molecule has 1 aliphatic heterocycles. The Bertz CT molecular complexity index is 2010. The first-order valence-corrected chi connectivity index (χ1v) is 13.0. The van der Waals surface area contributed by atoms with Gasteiger partial charge in [-0.2, -0.15) is 5.10 Å². The minimum atomic E-state index is -0.952. The Morgan fingerprint density at radius 2 is 1.77 bits per heavy atom. The normalized spacial score (nSPS) is 15.4. The van der Waals surface area contributed by atoms with Crippen LogP contribution in [-0.2, 0) is 4.79 Å². The minimum absolute atomic E-state index is 0.0247. The zero-order chi connectivity index (χ0) is 30.2. The lowest BCUT2D eigenvalue weighted by atomic mass is 10.1. The topological polar surface area (TPSA) is 148 Å². The van der Waals surface area contributed by atoms with Gasteiger partial charge in [0.05, 0.1) is 35.0 Å². The van der Waals surface area contributed by atoms with Gasteiger partial charge < -0.3 is 20.8 Å². The second-order valence-electron chi connectivity index (χ2n) is 10.4. The molecule has 0 radical (unpaired) electrons. The largest absolute Gasteiger partial charge is 0.433 e. The van der Waals surface area contributed by atoms with Crippen LogP contribution in [0.2, 0.25) is 0 Å². The third-order valence-corrected chi connectivity index (χ3v) is 7.55. The van der Waals surface area contributed by atoms with Crippen LogP contribution in [0.5, 0.6) is 11.6 Å². The molecule has 5 aromatic rings. The first kappa shape index (κ1) is 26.3. The van der Waals surface area contributed by atoms with Gasteiger partial charge in [0.25, 0.3) is 5.91 Å². The van der Waals surface area contributed by atoms with Gasteiger partial charge in [-0.05, 0) is 55.7 Å². The number of pyridine rings is 1. The maximum Gasteiger partial charge on any atom is 0.329 e. The number of amides is 3. The van der Waals surface area contributed by atoms with E-state index in [0.717, 1.165) is 23.1 Å². The van der Waals surface area contributed by atoms with Crippen molar-refractivity contribution in [3.8, 4) is 17.3 Å². The number of aromatic nitrogens is 4. The predicted octanol–water partition coefficient (Wildman–Crippen LogP) is 4.67. The van der Waals surface area contributed by atoms with Crippen LogP contribution in [0.4, 0.5) is 29.5 Å². The fraction of sp³-hybridized carbons (Fsp3) is 0.138. The zero-order valence-electron chi connectivity index (χ0n) is 22.2. The number of halogens is 3. The highest BCUT2D eigenvalue weighted by molar-refractivity contribution is 6.25. The highest BCUT2D eigenvalue weighted by Crippen LogP contribution is 2.43. The van der Waals surface area contributed by atoms with Crippen molar-refractivity contribution in [2.24, 2.45) is 0 Å². The highest BCUT2D eigenvalue weighted by Gasteiger charge is 2.60. The zero-order valence-corrected chi connectivity index (χ0v) is 22.2. The molecule has 0 atom stereocenters. The number of nitrogens with one attached hydrogen (secondary N) is 2. The first-order valence-electron chi connectivity index (χ1n) is 13.0. The Labute approximate surface area is 240 Å². The molecule has 1 aliphatic carbocycles. The van der Waals surface area contributed by atoms with Gasteiger partial charge in [0.2, 0.25) is 17.4 Å². The van der Waals surface area contributed by atoms with Gasteiger partial charge >= 0.3 is 6.03 Å². The molecule has 11 nitrogen and oxygen atoms in total. The molecule has 1 saturated heterocycles. The molecule has 0 unspecified atom stereocenters. The molecule has 4 heterocycles. The molecule has 3 aromatic heterocycles. The summed E-state index contributed by atoms with van der Waals surface area (Å²) in [5.41, 5.74) is 6.44. The lowest BCUT2D eigenvalue weighted by Crippen LogP contribution is -2.32. The van der Waals surface area contributed by atoms with Crippen molar-refractivity contribution < 1.29 is 32.3 Å². The van der Waals surface area contributed by atoms with E-state index in [1.165, 1.54) is 41.3 Å². The third-order valence-electron chi connectivity index (χ3n) is 7.55. The van der Waals surface area contributed by atoms with Crippen LogP contribution in [0.1, 0.15) is 34.5 Å². The summed E-state index contributed by atoms with van der Waals surface area (Å²) in [5, 5.41) is 7.16. The molecule has 1 saturated carbocycles. The second kappa shape index (κ2) is 9.17. The number of carbonyl (C=O) groups is 3. The summed E-state index contributed by atoms with van der Waals surface area (Å²) >= 11 is 0. The lowest BCUT2D eigenvalue weighted by Gasteiger charge is -2.14. The van der Waals surface area contributed by atoms with Crippen molar-refractivity contribution in [2.75, 3.05) is 10.6 Å². The maximum absolute atomic E-state index is 15.0. The monoisotopic (exact) mass is 587 g/mol. The van der Waals surface area contributed by atoms with Crippen LogP contribution in [-0.4, -0.2) is 43.0 Å². The van der Waals surface area contributed by atoms with Crippen molar-refractivity contribution in [3.05, 3.63) is 89.1 Å². The third kappa shape index (κ3) is 4.09. The number of aromatic amines is 1. The number of H-pyrrole nitrogens is 1. The lowest BCUT2D eigenvalue weighted by molar-refractivity contribution is -0.119. The number of nitrogens with zero attached hydrogens (tertiary/aromatic N) is 4. The van der Waals surface area contributed by atoms with Crippen molar-refractivity contribution in [2.45, 2.75) is 25.3 Å². The summed E-state index contributed by atoms with van der Waals surface area (Å²) in [4.78, 5) is 46.4. The number of hydrogen-bond acceptors (Lipinski definition) is 7. The van der Waals surface area contributed by atoms with Gasteiger partial charge in [-0.3, -0.25) is 9.59 Å². The van der Waals surface area contributed by atoms with E-state index in [1.54, 1.807) is 6.92 Å². The van der Waals surface area contributed by atoms with E-state index in [9.17, 15) is 23.2 Å². The number of nitrogen functional groups attached to an aromatic ring is 1. The predicted molar refractivity (Wildman–Crippen MR) is 147 cm³/mol. The Morgan fingerprint density at radius 1 is 1.02 bits per heavy atom. The summed E-state index contributed by atoms with van der Waals surface area (Å²) in [5.74, 6) is -4.33. The molecule has 7 rings (SSSR count). The highest BCUT2D eigenvalue weighted by atomic mass is 19.1. The molecule has 0 bridgehead atoms. The van der Waals surface area contributed by atoms with Gasteiger partial charge in [-0.15, -0.1) is 0 Å². The number of nitrogens with two attached hydrogens (primary N) is 1. The number of ketones is 1. The van der Waals surface area contributed by atoms with E-state index >= 15 is 4.39 Å². The average Bonchev–Trinajstić information content (AvgIpc) is 3.36. The fourth-order valence-electron chi connectivity index (χ4n) is 5.09. The Morgan fingerprint density at radius 3 is 2.44 bits per heavy atom. The number of imide groups is 1. The van der Waals surface area contributed by atoms with E-state index in [-0.39, 0.29) is 28.6 Å². The number of para-hydroxylation sites is 1. The van der Waals surface area contributed by atoms with Gasteiger partial charge in [-0.1, -0.05) is 6.07 Å². The second-order valence-corrected chi connectivity index (χ2v) is 10.4. The molecular formula is C29H20F3N7O4. The van der Waals surface area contributed by atoms with Gasteiger partial charge in [0.1, 0.15) is 17.2 Å². The summed E-state index contributed by atoms with van der Waals surface area (Å²) in [6.07, 6.45) is 3.58. The average molecular weight is 588 g/mol. The van der Waals surface area contributed by atoms with E-state index in [2.05, 4.69) is 20.4 Å². The minimum Gasteiger partial charge on any atom is -0.433 e. The molecule has 216 valence electrons. The Kier molecular flexibility index (Phi) is 5.60. The van der Waals surface area contributed by atoms with Crippen LogP contribution < -0.4 is 20.7 Å². The standard InChI is InChI=1S/C29H20F3N7O4/c1-13-7-23(43-25-16(30)3-2-4-17(25)31)34-12-22(13)39-26(33)15(11-35-39)24(40)20-9-14-8-18(32)21(10-19(14)36-20)38-27(41)29(5-6-29)37-28(38)42/h2-4,7-12,36H,5-6,33H2,1H3,(H,37,42). The number of carbonyl (C=O) groups excluding carboxylic acids is 3. The SMILES string of the molecule is Cc1cc(Oc2c(F)cccc2F)ncc1-n1ncc(C(=O)c2cc3cc(F)c(N4C(=O)NC5(CC5)C4=O)cc3[nH]2)c1N. The van der Waals surface area contributed by atoms with Crippen LogP contribution in [0.3, 0.4) is 0 Å². The molecule has 3 amide bonds. The van der Waals surface area contributed by atoms with E-state index < -0.39 is 46.5 Å². The summed E-state index contributed by atoms with van der Waals surface area (Å²) in [6.45, 7) is 1.67. The van der Waals surface area contributed by atoms with Crippen molar-refractivity contribution in [3.63, 3.8) is 0 Å². The van der Waals surface area contributed by atoms with Gasteiger partial charge in [-0.25, -0.2) is 32.5 Å². The number of urea groups is 1. The summed E-state index contributed by atoms with van der Waals surface area (Å²) in [7, 11) is 0. The number of hydrogen-bond donors (Lipinski definition) is 3. The summed E-state index contributed by atoms with van der Waals surface area (Å²) < 4.78 is 49.6. The molecule has 43 heavy (non-hydrogen) atoms. The number of aryl methyl sites for hydroxylation is 1. The maximum atomic E-state index is 15.0. The van der Waals surface area contributed by atoms with Gasteiger partial charge in [0, 0.05) is 17.0 Å². The molecule has 2 aliphatic rings. The van der Waals surface area contributed by atoms with E-state index in [4.69, 9.17) is 10.5 Å². The van der Waals surface area contributed by atoms with Gasteiger partial charge in [0.15, 0.2) is 11.6 Å². The number of ether oxygens (including phenoxy) is 1. The molecular weight excluding hydrogens is 567 g/mol. The van der Waals surface area contributed by atoms with Crippen molar-refractivity contribution in [1.29, 1.82) is 0 Å². The number of fused-ring (bicyclic) bond motifs is 1. The molecule has 2 fully saturated rings. The molecule has 1 spiro atoms. The molecule has 14 heteroatoms. The van der Waals surface area contributed by atoms with Crippen molar-refractivity contribution in [1.82, 2.24) is 25.1 Å². The number of anilines is 2. The smallest absolute Gasteiger partial charge is 0.329 e. The summed E-state index contributed by atoms with van der Waals surface area (Å²) in [6, 6.07) is 7.92. The molecule has 2 aromatic carbocycles. The quantitative estimate of drug-likeness (QED) is 0.193. The van der Waals surface area contributed by atoms with E-state index in [0.29, 0.717) is 35.0 Å². The fourth-order valence-corrected chi connectivity index (χ4v) is 5.09.